The standard InChI is InChI=1S/C52H54ClF2N9O6/c1-29-43-41(24-38(54)46(53)45(43)44-37(48(56)66)15-16-40(69-3)47(44)55)70-52(29,34-7-5-4-6-8-34)28-57-35-12-9-31(10-13-35)50(67)62-20-17-30(18-21-62)26-63-27-33(25-58-63)32-11-14-36-39(23-32)61(2)60-49(36)64-22-19-42(65)59-51(64)68/h4-8,11,14-16,23-25,27,29-31,35,57H,9-10,12-13,17-22,26,28H2,1-3H3,(H2,56,66)(H,59,65,68)/t29-,31?,35?,52-/m0/s1. The Kier molecular flexibility index (Phi) is 12.6. The van der Waals surface area contributed by atoms with Crippen LogP contribution in [0.3, 0.4) is 0 Å². The number of aryl methyl sites for hydroxylation is 1. The highest BCUT2D eigenvalue weighted by Gasteiger charge is 2.50. The number of rotatable bonds is 12. The molecule has 0 unspecified atom stereocenters. The number of benzene rings is 4. The van der Waals surface area contributed by atoms with Gasteiger partial charge >= 0.3 is 6.03 Å². The average molecular weight is 975 g/mol. The van der Waals surface area contributed by atoms with Crippen molar-refractivity contribution < 1.29 is 37.4 Å². The number of urea groups is 1. The van der Waals surface area contributed by atoms with Crippen LogP contribution >= 0.6 is 11.6 Å². The van der Waals surface area contributed by atoms with Crippen molar-refractivity contribution in [2.45, 2.75) is 76.0 Å². The number of carbonyl (C=O) groups excluding carboxylic acids is 4. The van der Waals surface area contributed by atoms with Crippen LogP contribution in [0.4, 0.5) is 19.4 Å². The van der Waals surface area contributed by atoms with Crippen LogP contribution < -0.4 is 30.7 Å². The fraction of sp³-hybridized carbons (Fsp3) is 0.385. The number of ether oxygens (including phenoxy) is 2. The molecule has 3 aliphatic heterocycles. The third kappa shape index (κ3) is 8.41. The van der Waals surface area contributed by atoms with Gasteiger partial charge in [-0.3, -0.25) is 34.0 Å². The topological polar surface area (TPSA) is 179 Å². The molecule has 0 radical (unpaired) electrons. The minimum Gasteiger partial charge on any atom is -0.494 e. The van der Waals surface area contributed by atoms with Gasteiger partial charge in [-0.05, 0) is 79.8 Å². The van der Waals surface area contributed by atoms with Crippen LogP contribution in [0.1, 0.15) is 79.3 Å². The van der Waals surface area contributed by atoms with E-state index in [9.17, 15) is 19.2 Å². The molecule has 1 saturated carbocycles. The predicted octanol–water partition coefficient (Wildman–Crippen LogP) is 8.07. The predicted molar refractivity (Wildman–Crippen MR) is 260 cm³/mol. The van der Waals surface area contributed by atoms with Crippen molar-refractivity contribution in [1.29, 1.82) is 0 Å². The first-order chi connectivity index (χ1) is 33.7. The van der Waals surface area contributed by atoms with Crippen LogP contribution in [0, 0.1) is 23.5 Å². The number of hydrogen-bond donors (Lipinski definition) is 3. The molecule has 18 heteroatoms. The first-order valence-electron chi connectivity index (χ1n) is 23.8. The lowest BCUT2D eigenvalue weighted by Crippen LogP contribution is -2.49. The van der Waals surface area contributed by atoms with Gasteiger partial charge in [0.2, 0.25) is 17.7 Å². The maximum Gasteiger partial charge on any atom is 0.329 e. The summed E-state index contributed by atoms with van der Waals surface area (Å²) >= 11 is 6.70. The highest BCUT2D eigenvalue weighted by atomic mass is 35.5. The smallest absolute Gasteiger partial charge is 0.329 e. The van der Waals surface area contributed by atoms with E-state index in [1.807, 2.05) is 84.5 Å². The highest BCUT2D eigenvalue weighted by molar-refractivity contribution is 6.34. The molecule has 10 rings (SSSR count). The molecule has 3 fully saturated rings. The van der Waals surface area contributed by atoms with Crippen molar-refractivity contribution in [2.75, 3.05) is 38.2 Å². The summed E-state index contributed by atoms with van der Waals surface area (Å²) in [5.74, 6) is -2.40. The molecule has 364 valence electrons. The minimum absolute atomic E-state index is 0.00891. The number of piperidine rings is 1. The second-order valence-corrected chi connectivity index (χ2v) is 19.4. The summed E-state index contributed by atoms with van der Waals surface area (Å²) in [4.78, 5) is 54.4. The number of amides is 5. The van der Waals surface area contributed by atoms with Gasteiger partial charge in [-0.25, -0.2) is 13.6 Å². The lowest BCUT2D eigenvalue weighted by atomic mass is 9.77. The first kappa shape index (κ1) is 46.9. The third-order valence-corrected chi connectivity index (χ3v) is 15.3. The zero-order chi connectivity index (χ0) is 49.0. The molecule has 0 spiro atoms. The van der Waals surface area contributed by atoms with E-state index in [4.69, 9.17) is 31.9 Å². The quantitative estimate of drug-likeness (QED) is 0.109. The van der Waals surface area contributed by atoms with Gasteiger partial charge < -0.3 is 25.4 Å². The lowest BCUT2D eigenvalue weighted by molar-refractivity contribution is -0.138. The van der Waals surface area contributed by atoms with Crippen molar-refractivity contribution in [3.8, 4) is 33.8 Å². The van der Waals surface area contributed by atoms with Gasteiger partial charge in [0.15, 0.2) is 23.0 Å². The molecule has 0 bridgehead atoms. The number of imide groups is 1. The Hall–Kier alpha value is -6.85. The molecule has 70 heavy (non-hydrogen) atoms. The summed E-state index contributed by atoms with van der Waals surface area (Å²) in [5.41, 5.74) is 8.29. The average Bonchev–Trinajstić information content (AvgIpc) is 4.05. The first-order valence-corrected chi connectivity index (χ1v) is 24.2. The fourth-order valence-electron chi connectivity index (χ4n) is 11.1. The van der Waals surface area contributed by atoms with Gasteiger partial charge in [-0.1, -0.05) is 54.9 Å². The molecule has 5 heterocycles. The molecule has 15 nitrogen and oxygen atoms in total. The maximum atomic E-state index is 16.2. The summed E-state index contributed by atoms with van der Waals surface area (Å²) < 4.78 is 47.8. The molecule has 2 atom stereocenters. The third-order valence-electron chi connectivity index (χ3n) is 15.0. The SMILES string of the molecule is COc1ccc(C(N)=O)c(-c2c(Cl)c(F)cc3c2[C@H](C)[C@@](CNC2CCC(C(=O)N4CCC(Cn5cc(-c6ccc7c(N8CCC(=O)NC8=O)nn(C)c7c6)cn5)CC4)CC2)(c2ccccc2)O3)c1F. The zero-order valence-corrected chi connectivity index (χ0v) is 39.9. The Labute approximate surface area is 408 Å². The van der Waals surface area contributed by atoms with Crippen LogP contribution in [0.15, 0.2) is 79.1 Å². The number of fused-ring (bicyclic) bond motifs is 2. The molecule has 4 aromatic carbocycles. The zero-order valence-electron chi connectivity index (χ0n) is 39.1. The van der Waals surface area contributed by atoms with E-state index in [2.05, 4.69) is 15.7 Å². The van der Waals surface area contributed by atoms with Gasteiger partial charge in [0.05, 0.1) is 29.4 Å². The summed E-state index contributed by atoms with van der Waals surface area (Å²) in [6, 6.07) is 19.0. The van der Waals surface area contributed by atoms with Crippen molar-refractivity contribution in [3.63, 3.8) is 0 Å². The summed E-state index contributed by atoms with van der Waals surface area (Å²) in [6.45, 7) is 4.65. The molecule has 6 aromatic rings. The van der Waals surface area contributed by atoms with Crippen LogP contribution in [0.5, 0.6) is 11.5 Å². The Bertz CT molecular complexity index is 3040. The fourth-order valence-corrected chi connectivity index (χ4v) is 11.3. The number of nitrogens with zero attached hydrogens (tertiary/aromatic N) is 6. The molecule has 2 aromatic heterocycles. The summed E-state index contributed by atoms with van der Waals surface area (Å²) in [6.07, 6.45) is 8.89. The number of primary amides is 1. The van der Waals surface area contributed by atoms with Crippen molar-refractivity contribution in [1.82, 2.24) is 35.1 Å². The summed E-state index contributed by atoms with van der Waals surface area (Å²) in [7, 11) is 3.13. The molecule has 4 N–H and O–H groups in total. The van der Waals surface area contributed by atoms with Gasteiger partial charge in [0.1, 0.15) is 11.6 Å². The van der Waals surface area contributed by atoms with Crippen molar-refractivity contribution in [3.05, 3.63) is 112 Å². The molecular weight excluding hydrogens is 920 g/mol. The number of aromatic nitrogens is 4. The normalized spacial score (nSPS) is 21.7. The number of likely N-dealkylation sites (tertiary alicyclic amines) is 1. The number of nitrogens with one attached hydrogen (secondary N) is 2. The highest BCUT2D eigenvalue weighted by Crippen LogP contribution is 2.56. The number of hydrogen-bond acceptors (Lipinski definition) is 9. The van der Waals surface area contributed by atoms with Gasteiger partial charge in [0.25, 0.3) is 0 Å². The van der Waals surface area contributed by atoms with Crippen LogP contribution in [0.25, 0.3) is 33.2 Å². The number of methoxy groups -OCH3 is 1. The van der Waals surface area contributed by atoms with E-state index in [1.165, 1.54) is 30.2 Å². The Morgan fingerprint density at radius 1 is 0.971 bits per heavy atom. The second kappa shape index (κ2) is 18.8. The van der Waals surface area contributed by atoms with E-state index >= 15 is 8.78 Å². The van der Waals surface area contributed by atoms with E-state index < -0.39 is 35.1 Å². The maximum absolute atomic E-state index is 16.2. The number of anilines is 1. The van der Waals surface area contributed by atoms with Gasteiger partial charge in [-0.2, -0.15) is 10.2 Å². The van der Waals surface area contributed by atoms with E-state index in [-0.39, 0.29) is 70.0 Å². The Balaban J connectivity index is 0.760. The molecule has 5 amide bonds. The summed E-state index contributed by atoms with van der Waals surface area (Å²) in [5, 5.41) is 15.9. The molecule has 4 aliphatic rings. The monoisotopic (exact) mass is 973 g/mol. The Morgan fingerprint density at radius 2 is 1.73 bits per heavy atom. The van der Waals surface area contributed by atoms with Crippen molar-refractivity contribution in [2.24, 2.45) is 24.6 Å². The van der Waals surface area contributed by atoms with Gasteiger partial charge in [0, 0.05) is 104 Å². The van der Waals surface area contributed by atoms with E-state index in [0.717, 1.165) is 72.7 Å². The van der Waals surface area contributed by atoms with Gasteiger partial charge in [-0.15, -0.1) is 0 Å². The van der Waals surface area contributed by atoms with Crippen LogP contribution in [-0.2, 0) is 28.8 Å². The molecular formula is C52H54ClF2N9O6. The van der Waals surface area contributed by atoms with Crippen LogP contribution in [-0.4, -0.2) is 87.5 Å². The van der Waals surface area contributed by atoms with Crippen LogP contribution in [0.2, 0.25) is 5.02 Å². The minimum atomic E-state index is -1.08. The Morgan fingerprint density at radius 3 is 2.44 bits per heavy atom. The number of nitrogens with two attached hydrogens (primary N) is 1. The van der Waals surface area contributed by atoms with E-state index in [1.54, 1.807) is 4.68 Å². The van der Waals surface area contributed by atoms with Crippen molar-refractivity contribution >= 4 is 52.1 Å². The molecule has 2 saturated heterocycles. The largest absolute Gasteiger partial charge is 0.494 e. The lowest BCUT2D eigenvalue weighted by Gasteiger charge is -2.38. The number of carbonyl (C=O) groups is 4. The number of halogens is 3. The van der Waals surface area contributed by atoms with E-state index in [0.29, 0.717) is 36.9 Å². The second-order valence-electron chi connectivity index (χ2n) is 19.0. The molecule has 1 aliphatic carbocycles.